The van der Waals surface area contributed by atoms with E-state index in [1.54, 1.807) is 0 Å². The zero-order valence-electron chi connectivity index (χ0n) is 10.9. The van der Waals surface area contributed by atoms with Crippen molar-refractivity contribution in [3.8, 4) is 12.1 Å². The van der Waals surface area contributed by atoms with Crippen LogP contribution in [-0.4, -0.2) is 13.1 Å². The van der Waals surface area contributed by atoms with Crippen LogP contribution in [0, 0.1) is 22.7 Å². The molecule has 0 aliphatic carbocycles. The maximum Gasteiger partial charge on any atom is 0.0998 e. The largest absolute Gasteiger partial charge is 0.370 e. The van der Waals surface area contributed by atoms with E-state index in [0.717, 1.165) is 23.0 Å². The summed E-state index contributed by atoms with van der Waals surface area (Å²) in [7, 11) is 0. The average molecular weight is 249 g/mol. The van der Waals surface area contributed by atoms with E-state index in [4.69, 9.17) is 10.5 Å². The van der Waals surface area contributed by atoms with Crippen molar-refractivity contribution in [3.63, 3.8) is 0 Å². The second kappa shape index (κ2) is 5.89. The Morgan fingerprint density at radius 3 is 2.42 bits per heavy atom. The molecule has 0 unspecified atom stereocenters. The van der Waals surface area contributed by atoms with Gasteiger partial charge in [0.1, 0.15) is 0 Å². The lowest BCUT2D eigenvalue weighted by atomic mass is 10.0. The molecule has 0 atom stereocenters. The smallest absolute Gasteiger partial charge is 0.0998 e. The van der Waals surface area contributed by atoms with E-state index in [9.17, 15) is 0 Å². The molecule has 19 heavy (non-hydrogen) atoms. The highest BCUT2D eigenvalue weighted by molar-refractivity contribution is 5.97. The lowest BCUT2D eigenvalue weighted by Gasteiger charge is -2.23. The topological polar surface area (TPSA) is 50.8 Å². The van der Waals surface area contributed by atoms with Gasteiger partial charge in [0.25, 0.3) is 0 Å². The Hall–Kier alpha value is -2.52. The Morgan fingerprint density at radius 1 is 1.05 bits per heavy atom. The van der Waals surface area contributed by atoms with Gasteiger partial charge in [-0.15, -0.1) is 0 Å². The number of hydrogen-bond acceptors (Lipinski definition) is 3. The summed E-state index contributed by atoms with van der Waals surface area (Å²) >= 11 is 0. The summed E-state index contributed by atoms with van der Waals surface area (Å²) in [6, 6.07) is 16.1. The van der Waals surface area contributed by atoms with Gasteiger partial charge in [0.2, 0.25) is 0 Å². The van der Waals surface area contributed by atoms with Crippen molar-refractivity contribution in [1.82, 2.24) is 0 Å². The summed E-state index contributed by atoms with van der Waals surface area (Å²) in [5.74, 6) is 0. The molecule has 0 spiro atoms. The van der Waals surface area contributed by atoms with Crippen LogP contribution in [0.3, 0.4) is 0 Å². The van der Waals surface area contributed by atoms with Crippen LogP contribution >= 0.6 is 0 Å². The van der Waals surface area contributed by atoms with Gasteiger partial charge in [0.05, 0.1) is 24.1 Å². The Balaban J connectivity index is 2.56. The summed E-state index contributed by atoms with van der Waals surface area (Å²) in [4.78, 5) is 2.17. The van der Waals surface area contributed by atoms with E-state index in [1.807, 2.05) is 36.4 Å². The molecule has 0 aliphatic rings. The first-order chi connectivity index (χ1) is 9.31. The first-order valence-electron chi connectivity index (χ1n) is 6.35. The minimum atomic E-state index is 0.502. The summed E-state index contributed by atoms with van der Waals surface area (Å²) in [5.41, 5.74) is 1.78. The van der Waals surface area contributed by atoms with Gasteiger partial charge in [0, 0.05) is 29.5 Å². The molecule has 2 aromatic carbocycles. The molecule has 0 fully saturated rings. The van der Waals surface area contributed by atoms with Crippen molar-refractivity contribution in [1.29, 1.82) is 10.5 Å². The summed E-state index contributed by atoms with van der Waals surface area (Å²) < 4.78 is 0. The van der Waals surface area contributed by atoms with E-state index in [0.29, 0.717) is 18.5 Å². The van der Waals surface area contributed by atoms with Gasteiger partial charge in [-0.2, -0.15) is 10.5 Å². The first kappa shape index (κ1) is 12.9. The second-order valence-corrected chi connectivity index (χ2v) is 4.28. The summed E-state index contributed by atoms with van der Waals surface area (Å²) in [6.07, 6.45) is 0.502. The SMILES string of the molecule is CCN(CCC#N)c1ccc(C#N)c2ccccc12. The van der Waals surface area contributed by atoms with Crippen LogP contribution in [-0.2, 0) is 0 Å². The molecule has 0 heterocycles. The minimum absolute atomic E-state index is 0.502. The van der Waals surface area contributed by atoms with E-state index < -0.39 is 0 Å². The summed E-state index contributed by atoms with van der Waals surface area (Å²) in [6.45, 7) is 3.63. The fourth-order valence-electron chi connectivity index (χ4n) is 2.29. The van der Waals surface area contributed by atoms with Gasteiger partial charge in [-0.3, -0.25) is 0 Å². The van der Waals surface area contributed by atoms with Crippen molar-refractivity contribution >= 4 is 16.5 Å². The van der Waals surface area contributed by atoms with E-state index >= 15 is 0 Å². The molecule has 3 heteroatoms. The third-order valence-corrected chi connectivity index (χ3v) is 3.24. The highest BCUT2D eigenvalue weighted by atomic mass is 15.1. The molecule has 0 bridgehead atoms. The van der Waals surface area contributed by atoms with Crippen molar-refractivity contribution in [3.05, 3.63) is 42.0 Å². The number of nitriles is 2. The van der Waals surface area contributed by atoms with Crippen LogP contribution < -0.4 is 4.90 Å². The Bertz CT molecular complexity index is 662. The molecule has 0 radical (unpaired) electrons. The lowest BCUT2D eigenvalue weighted by Crippen LogP contribution is -2.23. The number of fused-ring (bicyclic) bond motifs is 1. The molecule has 0 amide bonds. The Kier molecular flexibility index (Phi) is 4.00. The van der Waals surface area contributed by atoms with Crippen molar-refractivity contribution in [2.24, 2.45) is 0 Å². The number of anilines is 1. The predicted octanol–water partition coefficient (Wildman–Crippen LogP) is 3.45. The van der Waals surface area contributed by atoms with Gasteiger partial charge in [-0.05, 0) is 19.1 Å². The zero-order valence-corrected chi connectivity index (χ0v) is 10.9. The normalized spacial score (nSPS) is 9.84. The minimum Gasteiger partial charge on any atom is -0.370 e. The highest BCUT2D eigenvalue weighted by Crippen LogP contribution is 2.29. The van der Waals surface area contributed by atoms with E-state index in [1.165, 1.54) is 0 Å². The Morgan fingerprint density at radius 2 is 1.79 bits per heavy atom. The first-order valence-corrected chi connectivity index (χ1v) is 6.35. The summed E-state index contributed by atoms with van der Waals surface area (Å²) in [5, 5.41) is 19.9. The van der Waals surface area contributed by atoms with Gasteiger partial charge >= 0.3 is 0 Å². The van der Waals surface area contributed by atoms with Crippen LogP contribution in [0.15, 0.2) is 36.4 Å². The molecule has 0 saturated heterocycles. The number of hydrogen-bond donors (Lipinski definition) is 0. The van der Waals surface area contributed by atoms with Gasteiger partial charge in [0.15, 0.2) is 0 Å². The molecule has 0 N–H and O–H groups in total. The van der Waals surface area contributed by atoms with Crippen LogP contribution in [0.1, 0.15) is 18.9 Å². The lowest BCUT2D eigenvalue weighted by molar-refractivity contribution is 0.831. The third kappa shape index (κ3) is 2.51. The number of nitrogens with zero attached hydrogens (tertiary/aromatic N) is 3. The quantitative estimate of drug-likeness (QED) is 0.833. The maximum atomic E-state index is 9.16. The van der Waals surface area contributed by atoms with E-state index in [2.05, 4.69) is 24.0 Å². The fraction of sp³-hybridized carbons (Fsp3) is 0.250. The highest BCUT2D eigenvalue weighted by Gasteiger charge is 2.10. The average Bonchev–Trinajstić information content (AvgIpc) is 2.48. The molecule has 0 aromatic heterocycles. The third-order valence-electron chi connectivity index (χ3n) is 3.24. The maximum absolute atomic E-state index is 9.16. The van der Waals surface area contributed by atoms with Crippen LogP contribution in [0.4, 0.5) is 5.69 Å². The van der Waals surface area contributed by atoms with Crippen molar-refractivity contribution in [2.45, 2.75) is 13.3 Å². The van der Waals surface area contributed by atoms with E-state index in [-0.39, 0.29) is 0 Å². The Labute approximate surface area is 113 Å². The number of benzene rings is 2. The fourth-order valence-corrected chi connectivity index (χ4v) is 2.29. The molecule has 3 nitrogen and oxygen atoms in total. The molecule has 2 rings (SSSR count). The van der Waals surface area contributed by atoms with Crippen molar-refractivity contribution < 1.29 is 0 Å². The van der Waals surface area contributed by atoms with Gasteiger partial charge in [-0.1, -0.05) is 24.3 Å². The molecule has 94 valence electrons. The molecule has 2 aromatic rings. The van der Waals surface area contributed by atoms with Gasteiger partial charge in [-0.25, -0.2) is 0 Å². The predicted molar refractivity (Wildman–Crippen MR) is 76.8 cm³/mol. The van der Waals surface area contributed by atoms with Crippen molar-refractivity contribution in [2.75, 3.05) is 18.0 Å². The molecular formula is C16H15N3. The van der Waals surface area contributed by atoms with Gasteiger partial charge < -0.3 is 4.90 Å². The van der Waals surface area contributed by atoms with Crippen LogP contribution in [0.25, 0.3) is 10.8 Å². The van der Waals surface area contributed by atoms with Crippen LogP contribution in [0.5, 0.6) is 0 Å². The zero-order chi connectivity index (χ0) is 13.7. The standard InChI is InChI=1S/C16H15N3/c1-2-19(11-5-10-17)16-9-8-13(12-18)14-6-3-4-7-15(14)16/h3-4,6-9H,2,5,11H2,1H3. The molecule has 0 aliphatic heterocycles. The number of rotatable bonds is 4. The monoisotopic (exact) mass is 249 g/mol. The second-order valence-electron chi connectivity index (χ2n) is 4.28. The van der Waals surface area contributed by atoms with Crippen LogP contribution in [0.2, 0.25) is 0 Å². The molecular weight excluding hydrogens is 234 g/mol. The molecule has 0 saturated carbocycles.